The van der Waals surface area contributed by atoms with Crippen molar-refractivity contribution in [2.75, 3.05) is 0 Å². The van der Waals surface area contributed by atoms with Gasteiger partial charge in [0.2, 0.25) is 0 Å². The minimum absolute atomic E-state index is 0.250. The van der Waals surface area contributed by atoms with Crippen LogP contribution in [0, 0.1) is 11.3 Å². The highest BCUT2D eigenvalue weighted by molar-refractivity contribution is 5.81. The molecule has 1 amide bonds. The van der Waals surface area contributed by atoms with E-state index in [4.69, 9.17) is 0 Å². The molecule has 1 atom stereocenters. The van der Waals surface area contributed by atoms with Gasteiger partial charge in [0.05, 0.1) is 0 Å². The van der Waals surface area contributed by atoms with Crippen LogP contribution >= 0.6 is 0 Å². The molecule has 4 heteroatoms. The Labute approximate surface area is 166 Å². The maximum absolute atomic E-state index is 12.2. The molecular formula is C24H27NO3. The smallest absolute Gasteiger partial charge is 0.405 e. The Hall–Kier alpha value is -2.62. The summed E-state index contributed by atoms with van der Waals surface area (Å²) in [4.78, 5) is 23.7. The minimum atomic E-state index is -1.14. The van der Waals surface area contributed by atoms with Crippen LogP contribution in [0.5, 0.6) is 0 Å². The average molecular weight is 377 g/mol. The van der Waals surface area contributed by atoms with E-state index in [0.717, 1.165) is 60.6 Å². The molecule has 0 saturated heterocycles. The van der Waals surface area contributed by atoms with E-state index in [1.54, 1.807) is 0 Å². The van der Waals surface area contributed by atoms with E-state index < -0.39 is 11.6 Å². The molecule has 0 heterocycles. The zero-order valence-corrected chi connectivity index (χ0v) is 16.5. The molecule has 2 aliphatic rings. The van der Waals surface area contributed by atoms with Gasteiger partial charge in [0.1, 0.15) is 5.54 Å². The van der Waals surface area contributed by atoms with Crippen LogP contribution in [0.2, 0.25) is 0 Å². The van der Waals surface area contributed by atoms with E-state index in [1.807, 2.05) is 12.1 Å². The van der Waals surface area contributed by atoms with Gasteiger partial charge < -0.3 is 15.2 Å². The van der Waals surface area contributed by atoms with Gasteiger partial charge in [0, 0.05) is 5.41 Å². The molecule has 2 aliphatic carbocycles. The number of aldehydes is 1. The van der Waals surface area contributed by atoms with Gasteiger partial charge >= 0.3 is 6.09 Å². The summed E-state index contributed by atoms with van der Waals surface area (Å²) in [5, 5.41) is 12.0. The normalized spacial score (nSPS) is 22.0. The Morgan fingerprint density at radius 1 is 1.11 bits per heavy atom. The van der Waals surface area contributed by atoms with Gasteiger partial charge in [-0.3, -0.25) is 0 Å². The lowest BCUT2D eigenvalue weighted by atomic mass is 9.67. The van der Waals surface area contributed by atoms with E-state index in [1.165, 1.54) is 5.56 Å². The molecule has 0 bridgehead atoms. The molecule has 0 aliphatic heterocycles. The van der Waals surface area contributed by atoms with Crippen LogP contribution < -0.4 is 5.32 Å². The van der Waals surface area contributed by atoms with Crippen LogP contribution in [0.4, 0.5) is 4.79 Å². The number of carbonyl (C=O) groups is 2. The second-order valence-corrected chi connectivity index (χ2v) is 8.80. The molecule has 1 saturated carbocycles. The van der Waals surface area contributed by atoms with Crippen molar-refractivity contribution in [1.82, 2.24) is 5.32 Å². The third kappa shape index (κ3) is 3.01. The topological polar surface area (TPSA) is 66.4 Å². The average Bonchev–Trinajstić information content (AvgIpc) is 3.45. The second-order valence-electron chi connectivity index (χ2n) is 8.80. The molecular weight excluding hydrogens is 350 g/mol. The van der Waals surface area contributed by atoms with E-state index in [9.17, 15) is 14.7 Å². The predicted molar refractivity (Wildman–Crippen MR) is 109 cm³/mol. The first-order valence-electron chi connectivity index (χ1n) is 10.1. The first-order valence-corrected chi connectivity index (χ1v) is 10.1. The predicted octanol–water partition coefficient (Wildman–Crippen LogP) is 4.94. The Balaban J connectivity index is 1.71. The SMILES string of the molecule is CC(C)Cc1ccc(-c2ccc3c(c2)CCC2(CC2)[C@]3(C=O)NC(=O)O)cc1. The molecule has 0 unspecified atom stereocenters. The van der Waals surface area contributed by atoms with Crippen LogP contribution in [0.3, 0.4) is 0 Å². The van der Waals surface area contributed by atoms with Gasteiger partial charge in [-0.2, -0.15) is 0 Å². The molecule has 4 nitrogen and oxygen atoms in total. The number of hydrogen-bond acceptors (Lipinski definition) is 2. The van der Waals surface area contributed by atoms with Crippen molar-refractivity contribution >= 4 is 12.4 Å². The number of amides is 1. The van der Waals surface area contributed by atoms with E-state index in [2.05, 4.69) is 49.5 Å². The lowest BCUT2D eigenvalue weighted by molar-refractivity contribution is -0.116. The molecule has 0 aromatic heterocycles. The standard InChI is InChI=1S/C24H27NO3/c1-16(2)13-17-3-5-18(6-4-17)19-7-8-21-20(14-19)9-10-23(11-12-23)24(21,15-26)25-22(27)28/h3-8,14-16,25H,9-13H2,1-2H3,(H,27,28)/t24-/m1/s1. The number of hydrogen-bond donors (Lipinski definition) is 2. The summed E-state index contributed by atoms with van der Waals surface area (Å²) < 4.78 is 0. The number of carbonyl (C=O) groups excluding carboxylic acids is 1. The molecule has 1 spiro atoms. The fraction of sp³-hybridized carbons (Fsp3) is 0.417. The van der Waals surface area contributed by atoms with Crippen LogP contribution in [-0.4, -0.2) is 17.5 Å². The fourth-order valence-electron chi connectivity index (χ4n) is 4.91. The van der Waals surface area contributed by atoms with Crippen molar-refractivity contribution < 1.29 is 14.7 Å². The Morgan fingerprint density at radius 2 is 1.79 bits per heavy atom. The van der Waals surface area contributed by atoms with Gasteiger partial charge in [-0.25, -0.2) is 4.79 Å². The summed E-state index contributed by atoms with van der Waals surface area (Å²) in [5.74, 6) is 0.627. The zero-order valence-electron chi connectivity index (χ0n) is 16.5. The summed E-state index contributed by atoms with van der Waals surface area (Å²) in [6, 6.07) is 14.7. The molecule has 0 radical (unpaired) electrons. The van der Waals surface area contributed by atoms with Crippen molar-refractivity contribution in [1.29, 1.82) is 0 Å². The summed E-state index contributed by atoms with van der Waals surface area (Å²) in [7, 11) is 0. The second kappa shape index (κ2) is 6.77. The highest BCUT2D eigenvalue weighted by Crippen LogP contribution is 2.63. The van der Waals surface area contributed by atoms with Gasteiger partial charge in [-0.05, 0) is 65.8 Å². The van der Waals surface area contributed by atoms with Crippen molar-refractivity contribution in [2.24, 2.45) is 11.3 Å². The number of nitrogens with one attached hydrogen (secondary N) is 1. The fourth-order valence-corrected chi connectivity index (χ4v) is 4.91. The van der Waals surface area contributed by atoms with E-state index in [-0.39, 0.29) is 5.41 Å². The Morgan fingerprint density at radius 3 is 2.36 bits per heavy atom. The van der Waals surface area contributed by atoms with E-state index >= 15 is 0 Å². The van der Waals surface area contributed by atoms with Gasteiger partial charge in [0.25, 0.3) is 0 Å². The number of fused-ring (bicyclic) bond motifs is 1. The van der Waals surface area contributed by atoms with Crippen molar-refractivity contribution in [3.63, 3.8) is 0 Å². The highest BCUT2D eigenvalue weighted by atomic mass is 16.4. The van der Waals surface area contributed by atoms with Crippen LogP contribution in [0.1, 0.15) is 49.8 Å². The maximum Gasteiger partial charge on any atom is 0.405 e. The number of aryl methyl sites for hydroxylation is 1. The zero-order chi connectivity index (χ0) is 19.9. The van der Waals surface area contributed by atoms with Crippen LogP contribution in [0.25, 0.3) is 11.1 Å². The third-order valence-corrected chi connectivity index (χ3v) is 6.51. The van der Waals surface area contributed by atoms with Crippen LogP contribution in [0.15, 0.2) is 42.5 Å². The van der Waals surface area contributed by atoms with Gasteiger partial charge in [-0.15, -0.1) is 0 Å². The Kier molecular flexibility index (Phi) is 4.53. The van der Waals surface area contributed by atoms with Gasteiger partial charge in [-0.1, -0.05) is 56.3 Å². The summed E-state index contributed by atoms with van der Waals surface area (Å²) in [5.41, 5.74) is 4.11. The maximum atomic E-state index is 12.2. The first kappa shape index (κ1) is 18.7. The molecule has 2 aromatic rings. The molecule has 28 heavy (non-hydrogen) atoms. The number of rotatable bonds is 5. The molecule has 4 rings (SSSR count). The van der Waals surface area contributed by atoms with E-state index in [0.29, 0.717) is 5.92 Å². The van der Waals surface area contributed by atoms with Crippen molar-refractivity contribution in [2.45, 2.75) is 51.5 Å². The first-order chi connectivity index (χ1) is 13.4. The third-order valence-electron chi connectivity index (χ3n) is 6.51. The molecule has 2 N–H and O–H groups in total. The monoisotopic (exact) mass is 377 g/mol. The Bertz CT molecular complexity index is 912. The number of benzene rings is 2. The van der Waals surface area contributed by atoms with Crippen molar-refractivity contribution in [3.8, 4) is 11.1 Å². The summed E-state index contributed by atoms with van der Waals surface area (Å²) in [6.07, 6.45) is 4.26. The van der Waals surface area contributed by atoms with Crippen LogP contribution in [-0.2, 0) is 23.2 Å². The van der Waals surface area contributed by atoms with Gasteiger partial charge in [0.15, 0.2) is 6.29 Å². The molecule has 146 valence electrons. The van der Waals surface area contributed by atoms with Crippen molar-refractivity contribution in [3.05, 3.63) is 59.2 Å². The number of carboxylic acid groups (broad SMARTS) is 1. The largest absolute Gasteiger partial charge is 0.465 e. The summed E-state index contributed by atoms with van der Waals surface area (Å²) >= 11 is 0. The lowest BCUT2D eigenvalue weighted by Gasteiger charge is -2.42. The summed E-state index contributed by atoms with van der Waals surface area (Å²) in [6.45, 7) is 4.43. The molecule has 2 aromatic carbocycles. The minimum Gasteiger partial charge on any atom is -0.465 e. The highest BCUT2D eigenvalue weighted by Gasteiger charge is 2.63. The quantitative estimate of drug-likeness (QED) is 0.725. The molecule has 1 fully saturated rings. The lowest BCUT2D eigenvalue weighted by Crippen LogP contribution is -2.55.